The van der Waals surface area contributed by atoms with Gasteiger partial charge in [-0.15, -0.1) is 0 Å². The Morgan fingerprint density at radius 3 is 1.75 bits per heavy atom. The maximum atomic E-state index is 10.1. The van der Waals surface area contributed by atoms with Crippen molar-refractivity contribution in [2.45, 2.75) is 40.8 Å². The number of phenolic OH excluding ortho intramolecular Hbond substituents is 1. The summed E-state index contributed by atoms with van der Waals surface area (Å²) in [5.74, 6) is 0.303. The molecular formula is C16H29N3O. The molecule has 0 saturated carbocycles. The maximum Gasteiger partial charge on any atom is 0.122 e. The predicted molar refractivity (Wildman–Crippen MR) is 85.8 cm³/mol. The molecular weight excluding hydrogens is 250 g/mol. The van der Waals surface area contributed by atoms with E-state index in [1.54, 1.807) is 6.07 Å². The molecule has 0 bridgehead atoms. The first kappa shape index (κ1) is 16.8. The van der Waals surface area contributed by atoms with E-state index in [0.29, 0.717) is 11.4 Å². The lowest BCUT2D eigenvalue weighted by Crippen LogP contribution is -2.24. The normalized spacial score (nSPS) is 11.5. The topological polar surface area (TPSA) is 52.7 Å². The molecule has 0 atom stereocenters. The number of nitrogens with two attached hydrogens (primary N) is 1. The van der Waals surface area contributed by atoms with Crippen LogP contribution in [0.25, 0.3) is 0 Å². The molecule has 1 rings (SSSR count). The van der Waals surface area contributed by atoms with Gasteiger partial charge in [0.2, 0.25) is 0 Å². The quantitative estimate of drug-likeness (QED) is 0.718. The first-order chi connectivity index (χ1) is 9.55. The summed E-state index contributed by atoms with van der Waals surface area (Å²) in [4.78, 5) is 4.61. The van der Waals surface area contributed by atoms with Crippen LogP contribution < -0.4 is 5.73 Å². The minimum Gasteiger partial charge on any atom is -0.508 e. The van der Waals surface area contributed by atoms with Crippen LogP contribution in [0.5, 0.6) is 5.75 Å². The SMILES string of the molecule is CCN(CC)Cc1cc(CN(CC)CC)c(O)cc1N. The van der Waals surface area contributed by atoms with Crippen LogP contribution in [0.4, 0.5) is 5.69 Å². The van der Waals surface area contributed by atoms with Crippen molar-refractivity contribution in [3.8, 4) is 5.75 Å². The molecule has 20 heavy (non-hydrogen) atoms. The second-order valence-corrected chi connectivity index (χ2v) is 5.10. The first-order valence-electron chi connectivity index (χ1n) is 7.60. The van der Waals surface area contributed by atoms with Gasteiger partial charge in [0.15, 0.2) is 0 Å². The zero-order valence-electron chi connectivity index (χ0n) is 13.3. The Bertz CT molecular complexity index is 377. The van der Waals surface area contributed by atoms with Gasteiger partial charge in [-0.05, 0) is 37.8 Å². The van der Waals surface area contributed by atoms with Crippen LogP contribution in [0.1, 0.15) is 38.8 Å². The van der Waals surface area contributed by atoms with Crippen LogP contribution in [0.15, 0.2) is 12.1 Å². The maximum absolute atomic E-state index is 10.1. The third kappa shape index (κ3) is 4.39. The number of benzene rings is 1. The van der Waals surface area contributed by atoms with E-state index in [4.69, 9.17) is 5.73 Å². The third-order valence-corrected chi connectivity index (χ3v) is 3.92. The molecule has 0 aliphatic carbocycles. The molecule has 114 valence electrons. The Balaban J connectivity index is 2.96. The number of aromatic hydroxyl groups is 1. The molecule has 0 radical (unpaired) electrons. The Kier molecular flexibility index (Phi) is 6.82. The van der Waals surface area contributed by atoms with Crippen molar-refractivity contribution in [3.05, 3.63) is 23.3 Å². The van der Waals surface area contributed by atoms with Crippen LogP contribution in [0, 0.1) is 0 Å². The molecule has 0 amide bonds. The van der Waals surface area contributed by atoms with Crippen LogP contribution in [0.2, 0.25) is 0 Å². The number of phenols is 1. The highest BCUT2D eigenvalue weighted by Crippen LogP contribution is 2.26. The first-order valence-corrected chi connectivity index (χ1v) is 7.60. The number of anilines is 1. The fourth-order valence-corrected chi connectivity index (χ4v) is 2.34. The Morgan fingerprint density at radius 2 is 1.30 bits per heavy atom. The highest BCUT2D eigenvalue weighted by molar-refractivity contribution is 5.54. The van der Waals surface area contributed by atoms with E-state index < -0.39 is 0 Å². The zero-order valence-corrected chi connectivity index (χ0v) is 13.3. The fraction of sp³-hybridized carbons (Fsp3) is 0.625. The second-order valence-electron chi connectivity index (χ2n) is 5.10. The molecule has 0 aliphatic heterocycles. The van der Waals surface area contributed by atoms with Gasteiger partial charge in [0.1, 0.15) is 5.75 Å². The Labute approximate surface area is 123 Å². The van der Waals surface area contributed by atoms with Crippen LogP contribution in [-0.4, -0.2) is 41.1 Å². The van der Waals surface area contributed by atoms with Gasteiger partial charge in [-0.1, -0.05) is 27.7 Å². The van der Waals surface area contributed by atoms with E-state index in [1.807, 2.05) is 0 Å². The molecule has 0 fully saturated rings. The van der Waals surface area contributed by atoms with Crippen LogP contribution in [0.3, 0.4) is 0 Å². The van der Waals surface area contributed by atoms with Crippen molar-refractivity contribution in [1.29, 1.82) is 0 Å². The molecule has 4 heteroatoms. The minimum absolute atomic E-state index is 0.303. The van der Waals surface area contributed by atoms with Gasteiger partial charge in [0.25, 0.3) is 0 Å². The molecule has 0 spiro atoms. The van der Waals surface area contributed by atoms with Crippen LogP contribution in [-0.2, 0) is 13.1 Å². The van der Waals surface area contributed by atoms with E-state index in [9.17, 15) is 5.11 Å². The summed E-state index contributed by atoms with van der Waals surface area (Å²) in [6.07, 6.45) is 0. The molecule has 4 nitrogen and oxygen atoms in total. The summed E-state index contributed by atoms with van der Waals surface area (Å²) >= 11 is 0. The fourth-order valence-electron chi connectivity index (χ4n) is 2.34. The highest BCUT2D eigenvalue weighted by atomic mass is 16.3. The monoisotopic (exact) mass is 279 g/mol. The zero-order chi connectivity index (χ0) is 15.1. The van der Waals surface area contributed by atoms with Crippen molar-refractivity contribution < 1.29 is 5.11 Å². The van der Waals surface area contributed by atoms with Gasteiger partial charge in [-0.25, -0.2) is 0 Å². The molecule has 0 saturated heterocycles. The third-order valence-electron chi connectivity index (χ3n) is 3.92. The van der Waals surface area contributed by atoms with Crippen molar-refractivity contribution in [2.24, 2.45) is 0 Å². The average molecular weight is 279 g/mol. The molecule has 0 aromatic heterocycles. The molecule has 0 heterocycles. The standard InChI is InChI=1S/C16H29N3O/c1-5-18(6-2)11-13-9-14(12-19(7-3)8-4)16(20)10-15(13)17/h9-10,20H,5-8,11-12,17H2,1-4H3. The predicted octanol–water partition coefficient (Wildman–Crippen LogP) is 2.66. The minimum atomic E-state index is 0.303. The number of nitrogen functional groups attached to an aromatic ring is 1. The largest absolute Gasteiger partial charge is 0.508 e. The summed E-state index contributed by atoms with van der Waals surface area (Å²) < 4.78 is 0. The van der Waals surface area contributed by atoms with E-state index in [-0.39, 0.29) is 0 Å². The lowest BCUT2D eigenvalue weighted by Gasteiger charge is -2.22. The molecule has 1 aromatic carbocycles. The van der Waals surface area contributed by atoms with Crippen molar-refractivity contribution in [3.63, 3.8) is 0 Å². The van der Waals surface area contributed by atoms with Crippen molar-refractivity contribution in [1.82, 2.24) is 9.80 Å². The molecule has 1 aromatic rings. The van der Waals surface area contributed by atoms with Gasteiger partial charge in [0, 0.05) is 30.4 Å². The van der Waals surface area contributed by atoms with Gasteiger partial charge < -0.3 is 10.8 Å². The highest BCUT2D eigenvalue weighted by Gasteiger charge is 2.12. The van der Waals surface area contributed by atoms with E-state index in [2.05, 4.69) is 43.6 Å². The van der Waals surface area contributed by atoms with E-state index in [0.717, 1.165) is 50.4 Å². The van der Waals surface area contributed by atoms with Gasteiger partial charge >= 0.3 is 0 Å². The molecule has 3 N–H and O–H groups in total. The Hall–Kier alpha value is -1.26. The number of hydrogen-bond acceptors (Lipinski definition) is 4. The summed E-state index contributed by atoms with van der Waals surface area (Å²) in [7, 11) is 0. The number of rotatable bonds is 8. The lowest BCUT2D eigenvalue weighted by atomic mass is 10.1. The second kappa shape index (κ2) is 8.12. The molecule has 0 unspecified atom stereocenters. The summed E-state index contributed by atoms with van der Waals surface area (Å²) in [6, 6.07) is 3.75. The number of nitrogens with zero attached hydrogens (tertiary/aromatic N) is 2. The number of hydrogen-bond donors (Lipinski definition) is 2. The van der Waals surface area contributed by atoms with Gasteiger partial charge in [0.05, 0.1) is 0 Å². The summed E-state index contributed by atoms with van der Waals surface area (Å²) in [5.41, 5.74) is 8.79. The smallest absolute Gasteiger partial charge is 0.122 e. The summed E-state index contributed by atoms with van der Waals surface area (Å²) in [6.45, 7) is 14.1. The van der Waals surface area contributed by atoms with Crippen molar-refractivity contribution >= 4 is 5.69 Å². The van der Waals surface area contributed by atoms with Gasteiger partial charge in [-0.2, -0.15) is 0 Å². The molecule has 0 aliphatic rings. The lowest BCUT2D eigenvalue weighted by molar-refractivity contribution is 0.287. The Morgan fingerprint density at radius 1 is 0.850 bits per heavy atom. The van der Waals surface area contributed by atoms with Crippen LogP contribution >= 0.6 is 0 Å². The van der Waals surface area contributed by atoms with Crippen molar-refractivity contribution in [2.75, 3.05) is 31.9 Å². The summed E-state index contributed by atoms with van der Waals surface area (Å²) in [5, 5.41) is 10.1. The van der Waals surface area contributed by atoms with E-state index in [1.165, 1.54) is 0 Å². The average Bonchev–Trinajstić information content (AvgIpc) is 2.45. The van der Waals surface area contributed by atoms with E-state index >= 15 is 0 Å². The van der Waals surface area contributed by atoms with Gasteiger partial charge in [-0.3, -0.25) is 9.80 Å².